The molecule has 0 saturated carbocycles. The number of nitrogens with one attached hydrogen (secondary N) is 1. The smallest absolute Gasteiger partial charge is 0.244 e. The summed E-state index contributed by atoms with van der Waals surface area (Å²) in [7, 11) is 0. The Hall–Kier alpha value is -1.96. The summed E-state index contributed by atoms with van der Waals surface area (Å²) in [6.07, 6.45) is 3.89. The highest BCUT2D eigenvalue weighted by molar-refractivity contribution is 5.29. The van der Waals surface area contributed by atoms with Crippen molar-refractivity contribution in [3.05, 3.63) is 18.0 Å². The Kier molecular flexibility index (Phi) is 3.10. The first-order valence-electron chi connectivity index (χ1n) is 7.54. The second kappa shape index (κ2) is 5.10. The summed E-state index contributed by atoms with van der Waals surface area (Å²) >= 11 is 0. The normalized spacial score (nSPS) is 22.7. The highest BCUT2D eigenvalue weighted by Crippen LogP contribution is 2.24. The third-order valence-corrected chi connectivity index (χ3v) is 4.40. The van der Waals surface area contributed by atoms with Gasteiger partial charge in [-0.2, -0.15) is 10.1 Å². The van der Waals surface area contributed by atoms with E-state index in [2.05, 4.69) is 39.7 Å². The summed E-state index contributed by atoms with van der Waals surface area (Å²) in [6.45, 7) is 7.06. The molecule has 0 amide bonds. The Morgan fingerprint density at radius 2 is 2.14 bits per heavy atom. The van der Waals surface area contributed by atoms with Crippen molar-refractivity contribution in [3.63, 3.8) is 0 Å². The first-order chi connectivity index (χ1) is 10.3. The number of aromatic nitrogens is 6. The van der Waals surface area contributed by atoms with Crippen LogP contribution in [-0.2, 0) is 6.42 Å². The topological polar surface area (TPSA) is 78.8 Å². The fourth-order valence-electron chi connectivity index (χ4n) is 3.25. The molecular weight excluding hydrogens is 268 g/mol. The Bertz CT molecular complexity index is 609. The molecule has 8 nitrogen and oxygen atoms in total. The molecule has 0 aromatic carbocycles. The lowest BCUT2D eigenvalue weighted by Gasteiger charge is -2.35. The molecule has 0 radical (unpaired) electrons. The molecule has 1 N–H and O–H groups in total. The average Bonchev–Trinajstić information content (AvgIpc) is 3.18. The Morgan fingerprint density at radius 1 is 1.29 bits per heavy atom. The van der Waals surface area contributed by atoms with Crippen LogP contribution in [0.3, 0.4) is 0 Å². The van der Waals surface area contributed by atoms with E-state index in [-0.39, 0.29) is 0 Å². The molecule has 21 heavy (non-hydrogen) atoms. The number of nitrogens with zero attached hydrogens (tertiary/aromatic N) is 7. The summed E-state index contributed by atoms with van der Waals surface area (Å²) in [6, 6.07) is 0.486. The van der Waals surface area contributed by atoms with E-state index in [9.17, 15) is 0 Å². The molecule has 112 valence electrons. The highest BCUT2D eigenvalue weighted by Gasteiger charge is 2.27. The molecule has 1 saturated heterocycles. The maximum Gasteiger partial charge on any atom is 0.244 e. The van der Waals surface area contributed by atoms with E-state index in [1.54, 1.807) is 6.33 Å². The number of anilines is 1. The maximum atomic E-state index is 4.40. The molecule has 2 aromatic heterocycles. The van der Waals surface area contributed by atoms with E-state index < -0.39 is 0 Å². The summed E-state index contributed by atoms with van der Waals surface area (Å²) in [4.78, 5) is 13.5. The van der Waals surface area contributed by atoms with Crippen LogP contribution >= 0.6 is 0 Å². The van der Waals surface area contributed by atoms with Gasteiger partial charge in [-0.3, -0.25) is 10.00 Å². The molecule has 8 heteroatoms. The SMILES string of the molecule is Cc1nc(N2CCN(CC3CCc4ncnn43)CC2)n[nH]1. The van der Waals surface area contributed by atoms with Gasteiger partial charge in [-0.15, -0.1) is 5.10 Å². The monoisotopic (exact) mass is 288 g/mol. The van der Waals surface area contributed by atoms with Crippen molar-refractivity contribution in [1.29, 1.82) is 0 Å². The van der Waals surface area contributed by atoms with Gasteiger partial charge >= 0.3 is 0 Å². The molecule has 1 atom stereocenters. The van der Waals surface area contributed by atoms with Crippen LogP contribution in [0.5, 0.6) is 0 Å². The molecule has 4 rings (SSSR count). The molecule has 0 aliphatic carbocycles. The summed E-state index contributed by atoms with van der Waals surface area (Å²) < 4.78 is 2.10. The largest absolute Gasteiger partial charge is 0.337 e. The number of H-pyrrole nitrogens is 1. The van der Waals surface area contributed by atoms with Gasteiger partial charge in [0.1, 0.15) is 18.0 Å². The van der Waals surface area contributed by atoms with Gasteiger partial charge in [-0.25, -0.2) is 9.67 Å². The van der Waals surface area contributed by atoms with E-state index in [4.69, 9.17) is 0 Å². The lowest BCUT2D eigenvalue weighted by atomic mass is 10.2. The van der Waals surface area contributed by atoms with Crippen LogP contribution in [0.2, 0.25) is 0 Å². The minimum absolute atomic E-state index is 0.486. The summed E-state index contributed by atoms with van der Waals surface area (Å²) in [5.41, 5.74) is 0. The van der Waals surface area contributed by atoms with Crippen molar-refractivity contribution in [1.82, 2.24) is 34.8 Å². The summed E-state index contributed by atoms with van der Waals surface area (Å²) in [5, 5.41) is 11.5. The first kappa shape index (κ1) is 12.8. The average molecular weight is 288 g/mol. The Labute approximate surface area is 123 Å². The lowest BCUT2D eigenvalue weighted by Crippen LogP contribution is -2.48. The van der Waals surface area contributed by atoms with E-state index in [1.807, 2.05) is 6.92 Å². The van der Waals surface area contributed by atoms with Crippen molar-refractivity contribution in [2.24, 2.45) is 0 Å². The molecule has 0 bridgehead atoms. The third kappa shape index (κ3) is 2.39. The molecular formula is C13H20N8. The number of aromatic amines is 1. The number of piperazine rings is 1. The van der Waals surface area contributed by atoms with Gasteiger partial charge in [0.15, 0.2) is 0 Å². The van der Waals surface area contributed by atoms with Gasteiger partial charge in [0, 0.05) is 39.1 Å². The predicted molar refractivity (Wildman–Crippen MR) is 77.2 cm³/mol. The maximum absolute atomic E-state index is 4.40. The zero-order valence-corrected chi connectivity index (χ0v) is 12.2. The van der Waals surface area contributed by atoms with E-state index in [0.717, 1.165) is 63.2 Å². The van der Waals surface area contributed by atoms with E-state index in [0.29, 0.717) is 6.04 Å². The lowest BCUT2D eigenvalue weighted by molar-refractivity contribution is 0.215. The third-order valence-electron chi connectivity index (χ3n) is 4.40. The van der Waals surface area contributed by atoms with Gasteiger partial charge in [0.25, 0.3) is 0 Å². The van der Waals surface area contributed by atoms with Gasteiger partial charge in [0.05, 0.1) is 6.04 Å². The number of rotatable bonds is 3. The fourth-order valence-corrected chi connectivity index (χ4v) is 3.25. The van der Waals surface area contributed by atoms with Crippen LogP contribution in [0.1, 0.15) is 24.1 Å². The first-order valence-corrected chi connectivity index (χ1v) is 7.54. The van der Waals surface area contributed by atoms with Gasteiger partial charge in [0.2, 0.25) is 5.95 Å². The quantitative estimate of drug-likeness (QED) is 0.857. The van der Waals surface area contributed by atoms with Crippen LogP contribution in [0.4, 0.5) is 5.95 Å². The minimum Gasteiger partial charge on any atom is -0.337 e. The van der Waals surface area contributed by atoms with Crippen molar-refractivity contribution < 1.29 is 0 Å². The summed E-state index contributed by atoms with van der Waals surface area (Å²) in [5.74, 6) is 2.83. The molecule has 2 aromatic rings. The molecule has 2 aliphatic heterocycles. The van der Waals surface area contributed by atoms with Crippen molar-refractivity contribution in [2.75, 3.05) is 37.6 Å². The van der Waals surface area contributed by atoms with Gasteiger partial charge in [-0.1, -0.05) is 0 Å². The number of aryl methyl sites for hydroxylation is 2. The molecule has 1 fully saturated rings. The second-order valence-corrected chi connectivity index (χ2v) is 5.82. The Balaban J connectivity index is 1.34. The molecule has 4 heterocycles. The zero-order valence-electron chi connectivity index (χ0n) is 12.2. The van der Waals surface area contributed by atoms with Gasteiger partial charge < -0.3 is 4.90 Å². The van der Waals surface area contributed by atoms with Gasteiger partial charge in [-0.05, 0) is 13.3 Å². The standard InChI is InChI=1S/C13H20N8/c1-10-16-13(18-17-10)20-6-4-19(5-7-20)8-11-2-3-12-14-9-15-21(11)12/h9,11H,2-8H2,1H3,(H,16,17,18). The molecule has 2 aliphatic rings. The van der Waals surface area contributed by atoms with Crippen molar-refractivity contribution in [3.8, 4) is 0 Å². The number of hydrogen-bond donors (Lipinski definition) is 1. The highest BCUT2D eigenvalue weighted by atomic mass is 15.4. The van der Waals surface area contributed by atoms with Crippen LogP contribution in [-0.4, -0.2) is 67.6 Å². The van der Waals surface area contributed by atoms with Crippen LogP contribution < -0.4 is 4.90 Å². The van der Waals surface area contributed by atoms with Crippen molar-refractivity contribution in [2.45, 2.75) is 25.8 Å². The fraction of sp³-hybridized carbons (Fsp3) is 0.692. The number of hydrogen-bond acceptors (Lipinski definition) is 6. The van der Waals surface area contributed by atoms with E-state index >= 15 is 0 Å². The van der Waals surface area contributed by atoms with Crippen molar-refractivity contribution >= 4 is 5.95 Å². The van der Waals surface area contributed by atoms with Crippen LogP contribution in [0.15, 0.2) is 6.33 Å². The van der Waals surface area contributed by atoms with E-state index in [1.165, 1.54) is 0 Å². The molecule has 0 spiro atoms. The molecule has 1 unspecified atom stereocenters. The van der Waals surface area contributed by atoms with Crippen LogP contribution in [0.25, 0.3) is 0 Å². The minimum atomic E-state index is 0.486. The second-order valence-electron chi connectivity index (χ2n) is 5.82. The predicted octanol–water partition coefficient (Wildman–Crippen LogP) is 0.0141. The number of fused-ring (bicyclic) bond motifs is 1. The zero-order chi connectivity index (χ0) is 14.2. The van der Waals surface area contributed by atoms with Crippen LogP contribution in [0, 0.1) is 6.92 Å². The Morgan fingerprint density at radius 3 is 2.90 bits per heavy atom.